The molecule has 0 radical (unpaired) electrons. The molecule has 2 atom stereocenters. The second kappa shape index (κ2) is 7.53. The zero-order valence-corrected chi connectivity index (χ0v) is 11.4. The van der Waals surface area contributed by atoms with Crippen LogP contribution in [0.1, 0.15) is 57.6 Å². The molecule has 19 heavy (non-hydrogen) atoms. The van der Waals surface area contributed by atoms with Gasteiger partial charge in [0, 0.05) is 0 Å². The van der Waals surface area contributed by atoms with Crippen LogP contribution in [-0.4, -0.2) is 5.11 Å². The molecule has 0 saturated heterocycles. The molecule has 1 N–H and O–H groups in total. The lowest BCUT2D eigenvalue weighted by molar-refractivity contribution is 0.138. The molecule has 1 rings (SSSR count). The van der Waals surface area contributed by atoms with Crippen molar-refractivity contribution in [2.45, 2.75) is 52.1 Å². The van der Waals surface area contributed by atoms with Crippen molar-refractivity contribution in [3.05, 3.63) is 35.1 Å². The van der Waals surface area contributed by atoms with Crippen molar-refractivity contribution in [3.63, 3.8) is 0 Å². The molecule has 0 aliphatic carbocycles. The molecule has 0 heterocycles. The van der Waals surface area contributed by atoms with E-state index >= 15 is 0 Å². The minimum Gasteiger partial charge on any atom is -0.388 e. The highest BCUT2D eigenvalue weighted by atomic mass is 19.2. The lowest BCUT2D eigenvalue weighted by Gasteiger charge is -2.19. The van der Waals surface area contributed by atoms with Crippen LogP contribution in [0.2, 0.25) is 0 Å². The first-order valence-electron chi connectivity index (χ1n) is 6.82. The Morgan fingerprint density at radius 1 is 1.11 bits per heavy atom. The Balaban J connectivity index is 2.74. The van der Waals surface area contributed by atoms with Gasteiger partial charge in [-0.15, -0.1) is 0 Å². The second-order valence-corrected chi connectivity index (χ2v) is 4.97. The third-order valence-corrected chi connectivity index (χ3v) is 3.49. The van der Waals surface area contributed by atoms with Crippen LogP contribution < -0.4 is 0 Å². The van der Waals surface area contributed by atoms with Gasteiger partial charge in [-0.25, -0.2) is 13.2 Å². The Hall–Kier alpha value is -1.03. The van der Waals surface area contributed by atoms with Crippen molar-refractivity contribution in [2.75, 3.05) is 0 Å². The first kappa shape index (κ1) is 16.0. The van der Waals surface area contributed by atoms with Gasteiger partial charge < -0.3 is 5.11 Å². The van der Waals surface area contributed by atoms with Crippen LogP contribution in [0.5, 0.6) is 0 Å². The van der Waals surface area contributed by atoms with Crippen LogP contribution in [0.4, 0.5) is 13.2 Å². The maximum Gasteiger partial charge on any atom is 0.194 e. The summed E-state index contributed by atoms with van der Waals surface area (Å²) in [5.74, 6) is -3.69. The summed E-state index contributed by atoms with van der Waals surface area (Å²) < 4.78 is 39.0. The lowest BCUT2D eigenvalue weighted by atomic mass is 9.90. The summed E-state index contributed by atoms with van der Waals surface area (Å²) >= 11 is 0. The molecule has 0 aliphatic rings. The van der Waals surface area contributed by atoms with E-state index in [0.29, 0.717) is 12.3 Å². The molecule has 108 valence electrons. The van der Waals surface area contributed by atoms with Gasteiger partial charge in [-0.1, -0.05) is 39.5 Å². The van der Waals surface area contributed by atoms with E-state index in [2.05, 4.69) is 6.92 Å². The maximum atomic E-state index is 13.1. The average Bonchev–Trinajstić information content (AvgIpc) is 2.39. The molecule has 0 amide bonds. The zero-order valence-electron chi connectivity index (χ0n) is 11.4. The molecule has 2 unspecified atom stereocenters. The van der Waals surface area contributed by atoms with E-state index in [1.54, 1.807) is 0 Å². The van der Waals surface area contributed by atoms with Crippen LogP contribution in [0, 0.1) is 23.4 Å². The molecule has 0 bridgehead atoms. The number of unbranched alkanes of at least 4 members (excludes halogenated alkanes) is 1. The zero-order chi connectivity index (χ0) is 14.4. The molecule has 4 heteroatoms. The van der Waals surface area contributed by atoms with Gasteiger partial charge >= 0.3 is 0 Å². The SMILES string of the molecule is CCCCC(CC)CC(O)c1cc(F)c(F)c(F)c1. The van der Waals surface area contributed by atoms with Crippen molar-refractivity contribution >= 4 is 0 Å². The fraction of sp³-hybridized carbons (Fsp3) is 0.600. The molecule has 0 aliphatic heterocycles. The summed E-state index contributed by atoms with van der Waals surface area (Å²) in [4.78, 5) is 0. The third kappa shape index (κ3) is 4.53. The summed E-state index contributed by atoms with van der Waals surface area (Å²) in [5.41, 5.74) is 0.103. The molecule has 1 nitrogen and oxygen atoms in total. The quantitative estimate of drug-likeness (QED) is 0.712. The van der Waals surface area contributed by atoms with E-state index in [1.165, 1.54) is 0 Å². The van der Waals surface area contributed by atoms with Gasteiger partial charge in [-0.05, 0) is 30.0 Å². The largest absolute Gasteiger partial charge is 0.388 e. The molecule has 0 saturated carbocycles. The second-order valence-electron chi connectivity index (χ2n) is 4.97. The number of halogens is 3. The van der Waals surface area contributed by atoms with Crippen LogP contribution in [0.15, 0.2) is 12.1 Å². The van der Waals surface area contributed by atoms with Gasteiger partial charge in [0.15, 0.2) is 17.5 Å². The topological polar surface area (TPSA) is 20.2 Å². The Morgan fingerprint density at radius 2 is 1.68 bits per heavy atom. The van der Waals surface area contributed by atoms with E-state index in [4.69, 9.17) is 0 Å². The molecule has 1 aromatic carbocycles. The highest BCUT2D eigenvalue weighted by Crippen LogP contribution is 2.28. The molecule has 0 aromatic heterocycles. The van der Waals surface area contributed by atoms with Crippen LogP contribution in [-0.2, 0) is 0 Å². The predicted octanol–water partition coefficient (Wildman–Crippen LogP) is 4.74. The van der Waals surface area contributed by atoms with E-state index < -0.39 is 23.6 Å². The van der Waals surface area contributed by atoms with Crippen molar-refractivity contribution < 1.29 is 18.3 Å². The normalized spacial score (nSPS) is 14.4. The number of aliphatic hydroxyl groups is 1. The average molecular weight is 274 g/mol. The number of benzene rings is 1. The van der Waals surface area contributed by atoms with Crippen LogP contribution in [0.3, 0.4) is 0 Å². The monoisotopic (exact) mass is 274 g/mol. The van der Waals surface area contributed by atoms with Crippen LogP contribution >= 0.6 is 0 Å². The fourth-order valence-corrected chi connectivity index (χ4v) is 2.20. The maximum absolute atomic E-state index is 13.1. The Labute approximate surface area is 112 Å². The third-order valence-electron chi connectivity index (χ3n) is 3.49. The number of rotatable bonds is 7. The predicted molar refractivity (Wildman–Crippen MR) is 69.2 cm³/mol. The molecular formula is C15H21F3O. The van der Waals surface area contributed by atoms with Gasteiger partial charge in [0.2, 0.25) is 0 Å². The molecule has 0 spiro atoms. The summed E-state index contributed by atoms with van der Waals surface area (Å²) in [7, 11) is 0. The summed E-state index contributed by atoms with van der Waals surface area (Å²) in [6.07, 6.45) is 3.52. The van der Waals surface area contributed by atoms with Crippen molar-refractivity contribution in [3.8, 4) is 0 Å². The molecule has 0 fully saturated rings. The molecular weight excluding hydrogens is 253 g/mol. The summed E-state index contributed by atoms with van der Waals surface area (Å²) in [6, 6.07) is 1.74. The first-order valence-corrected chi connectivity index (χ1v) is 6.82. The standard InChI is InChI=1S/C15H21F3O/c1-3-5-6-10(4-2)7-14(19)11-8-12(16)15(18)13(17)9-11/h8-10,14,19H,3-7H2,1-2H3. The Morgan fingerprint density at radius 3 is 2.16 bits per heavy atom. The van der Waals surface area contributed by atoms with Crippen molar-refractivity contribution in [2.24, 2.45) is 5.92 Å². The van der Waals surface area contributed by atoms with Crippen molar-refractivity contribution in [1.82, 2.24) is 0 Å². The minimum absolute atomic E-state index is 0.103. The van der Waals surface area contributed by atoms with Gasteiger partial charge in [0.05, 0.1) is 6.10 Å². The summed E-state index contributed by atoms with van der Waals surface area (Å²) in [5, 5.41) is 10.0. The van der Waals surface area contributed by atoms with E-state index in [0.717, 1.165) is 37.8 Å². The molecule has 1 aromatic rings. The van der Waals surface area contributed by atoms with Gasteiger partial charge in [0.1, 0.15) is 0 Å². The highest BCUT2D eigenvalue weighted by molar-refractivity contribution is 5.21. The van der Waals surface area contributed by atoms with E-state index in [9.17, 15) is 18.3 Å². The Bertz CT molecular complexity index is 383. The fourth-order valence-electron chi connectivity index (χ4n) is 2.20. The van der Waals surface area contributed by atoms with Crippen molar-refractivity contribution in [1.29, 1.82) is 0 Å². The van der Waals surface area contributed by atoms with E-state index in [1.807, 2.05) is 6.92 Å². The first-order chi connectivity index (χ1) is 8.99. The van der Waals surface area contributed by atoms with Gasteiger partial charge in [-0.3, -0.25) is 0 Å². The highest BCUT2D eigenvalue weighted by Gasteiger charge is 2.18. The smallest absolute Gasteiger partial charge is 0.194 e. The number of aliphatic hydroxyl groups excluding tert-OH is 1. The lowest BCUT2D eigenvalue weighted by Crippen LogP contribution is -2.08. The van der Waals surface area contributed by atoms with E-state index in [-0.39, 0.29) is 5.56 Å². The van der Waals surface area contributed by atoms with Gasteiger partial charge in [0.25, 0.3) is 0 Å². The number of hydrogen-bond donors (Lipinski definition) is 1. The number of hydrogen-bond acceptors (Lipinski definition) is 1. The minimum atomic E-state index is -1.49. The van der Waals surface area contributed by atoms with Gasteiger partial charge in [-0.2, -0.15) is 0 Å². The Kier molecular flexibility index (Phi) is 6.35. The summed E-state index contributed by atoms with van der Waals surface area (Å²) in [6.45, 7) is 4.12. The van der Waals surface area contributed by atoms with Crippen LogP contribution in [0.25, 0.3) is 0 Å².